The maximum Gasteiger partial charge on any atom is 0.225 e. The van der Waals surface area contributed by atoms with Crippen molar-refractivity contribution in [1.29, 1.82) is 0 Å². The van der Waals surface area contributed by atoms with Crippen molar-refractivity contribution < 1.29 is 9.59 Å². The highest BCUT2D eigenvalue weighted by Crippen LogP contribution is 2.20. The number of likely N-dealkylation sites (N-methyl/N-ethyl adjacent to an activating group) is 1. The van der Waals surface area contributed by atoms with E-state index in [0.717, 1.165) is 19.3 Å². The van der Waals surface area contributed by atoms with Crippen LogP contribution in [-0.2, 0) is 16.0 Å². The second-order valence-electron chi connectivity index (χ2n) is 6.62. The van der Waals surface area contributed by atoms with Crippen LogP contribution in [-0.4, -0.2) is 53.3 Å². The van der Waals surface area contributed by atoms with E-state index in [1.807, 2.05) is 42.8 Å². The van der Waals surface area contributed by atoms with E-state index in [2.05, 4.69) is 4.98 Å². The van der Waals surface area contributed by atoms with Crippen LogP contribution >= 0.6 is 0 Å². The van der Waals surface area contributed by atoms with Gasteiger partial charge in [0, 0.05) is 50.9 Å². The molecular weight excluding hydrogens is 290 g/mol. The molecule has 0 saturated carbocycles. The highest BCUT2D eigenvalue weighted by molar-refractivity contribution is 5.80. The molecule has 0 unspecified atom stereocenters. The zero-order valence-electron chi connectivity index (χ0n) is 14.4. The Kier molecular flexibility index (Phi) is 6.13. The van der Waals surface area contributed by atoms with Crippen LogP contribution in [0, 0.1) is 11.8 Å². The number of carbonyl (C=O) groups is 2. The predicted octanol–water partition coefficient (Wildman–Crippen LogP) is 1.98. The Bertz CT molecular complexity index is 522. The van der Waals surface area contributed by atoms with E-state index >= 15 is 0 Å². The fraction of sp³-hybridized carbons (Fsp3) is 0.611. The molecule has 0 spiro atoms. The lowest BCUT2D eigenvalue weighted by atomic mass is 9.94. The highest BCUT2D eigenvalue weighted by Gasteiger charge is 2.29. The molecule has 0 atom stereocenters. The molecule has 2 amide bonds. The second-order valence-corrected chi connectivity index (χ2v) is 6.62. The first-order chi connectivity index (χ1) is 11.0. The highest BCUT2D eigenvalue weighted by atomic mass is 16.2. The average molecular weight is 317 g/mol. The van der Waals surface area contributed by atoms with Crippen LogP contribution in [0.5, 0.6) is 0 Å². The van der Waals surface area contributed by atoms with Crippen LogP contribution in [0.1, 0.15) is 32.3 Å². The number of carbonyl (C=O) groups excluding carboxylic acids is 2. The molecule has 0 bridgehead atoms. The van der Waals surface area contributed by atoms with Crippen molar-refractivity contribution in [2.75, 3.05) is 26.7 Å². The van der Waals surface area contributed by atoms with Gasteiger partial charge in [-0.15, -0.1) is 0 Å². The Morgan fingerprint density at radius 2 is 1.87 bits per heavy atom. The first-order valence-corrected chi connectivity index (χ1v) is 8.41. The zero-order valence-corrected chi connectivity index (χ0v) is 14.4. The summed E-state index contributed by atoms with van der Waals surface area (Å²) in [6.07, 6.45) is 5.94. The Morgan fingerprint density at radius 3 is 2.43 bits per heavy atom. The molecule has 23 heavy (non-hydrogen) atoms. The number of likely N-dealkylation sites (tertiary alicyclic amines) is 1. The van der Waals surface area contributed by atoms with E-state index in [1.165, 1.54) is 5.56 Å². The van der Waals surface area contributed by atoms with Gasteiger partial charge in [0.25, 0.3) is 0 Å². The maximum absolute atomic E-state index is 12.5. The number of rotatable bonds is 5. The summed E-state index contributed by atoms with van der Waals surface area (Å²) in [7, 11) is 1.87. The molecule has 126 valence electrons. The summed E-state index contributed by atoms with van der Waals surface area (Å²) in [5.41, 5.74) is 1.19. The van der Waals surface area contributed by atoms with Gasteiger partial charge in [-0.2, -0.15) is 0 Å². The van der Waals surface area contributed by atoms with Gasteiger partial charge in [0.15, 0.2) is 0 Å². The molecule has 2 heterocycles. The van der Waals surface area contributed by atoms with E-state index in [1.54, 1.807) is 12.4 Å². The van der Waals surface area contributed by atoms with Gasteiger partial charge >= 0.3 is 0 Å². The van der Waals surface area contributed by atoms with Crippen LogP contribution in [0.25, 0.3) is 0 Å². The molecular formula is C18H27N3O2. The molecule has 0 radical (unpaired) electrons. The van der Waals surface area contributed by atoms with Crippen molar-refractivity contribution in [2.45, 2.75) is 33.1 Å². The number of amides is 2. The molecule has 1 aromatic rings. The normalized spacial score (nSPS) is 15.7. The van der Waals surface area contributed by atoms with Gasteiger partial charge in [-0.3, -0.25) is 14.6 Å². The van der Waals surface area contributed by atoms with Crippen molar-refractivity contribution in [1.82, 2.24) is 14.8 Å². The van der Waals surface area contributed by atoms with E-state index in [4.69, 9.17) is 0 Å². The van der Waals surface area contributed by atoms with Crippen LogP contribution < -0.4 is 0 Å². The number of aromatic nitrogens is 1. The Morgan fingerprint density at radius 1 is 1.26 bits per heavy atom. The van der Waals surface area contributed by atoms with Gasteiger partial charge in [-0.25, -0.2) is 0 Å². The fourth-order valence-corrected chi connectivity index (χ4v) is 2.98. The van der Waals surface area contributed by atoms with Gasteiger partial charge in [0.05, 0.1) is 0 Å². The Balaban J connectivity index is 1.79. The topological polar surface area (TPSA) is 53.5 Å². The van der Waals surface area contributed by atoms with Crippen LogP contribution in [0.3, 0.4) is 0 Å². The van der Waals surface area contributed by atoms with E-state index < -0.39 is 0 Å². The van der Waals surface area contributed by atoms with Crippen LogP contribution in [0.15, 0.2) is 24.5 Å². The first-order valence-electron chi connectivity index (χ1n) is 8.41. The van der Waals surface area contributed by atoms with Gasteiger partial charge in [0.1, 0.15) is 0 Å². The lowest BCUT2D eigenvalue weighted by molar-refractivity contribution is -0.141. The smallest absolute Gasteiger partial charge is 0.225 e. The van der Waals surface area contributed by atoms with Gasteiger partial charge in [-0.05, 0) is 37.0 Å². The minimum absolute atomic E-state index is 0.0327. The first kappa shape index (κ1) is 17.4. The quantitative estimate of drug-likeness (QED) is 0.834. The third-order valence-corrected chi connectivity index (χ3v) is 4.51. The molecule has 1 aliphatic heterocycles. The van der Waals surface area contributed by atoms with Crippen LogP contribution in [0.4, 0.5) is 0 Å². The van der Waals surface area contributed by atoms with E-state index in [9.17, 15) is 9.59 Å². The van der Waals surface area contributed by atoms with Crippen molar-refractivity contribution in [3.05, 3.63) is 30.1 Å². The SMILES string of the molecule is CC(C)C(=O)N1CCC(C(=O)N(C)CCc2ccncc2)CC1. The number of hydrogen-bond acceptors (Lipinski definition) is 3. The molecule has 1 aliphatic rings. The third kappa shape index (κ3) is 4.78. The lowest BCUT2D eigenvalue weighted by Gasteiger charge is -2.34. The summed E-state index contributed by atoms with van der Waals surface area (Å²) in [6, 6.07) is 3.96. The van der Waals surface area contributed by atoms with Crippen molar-refractivity contribution >= 4 is 11.8 Å². The summed E-state index contributed by atoms with van der Waals surface area (Å²) in [5.74, 6) is 0.483. The average Bonchev–Trinajstić information content (AvgIpc) is 2.59. The molecule has 5 nitrogen and oxygen atoms in total. The fourth-order valence-electron chi connectivity index (χ4n) is 2.98. The minimum Gasteiger partial charge on any atom is -0.345 e. The maximum atomic E-state index is 12.5. The minimum atomic E-state index is 0.0327. The third-order valence-electron chi connectivity index (χ3n) is 4.51. The van der Waals surface area contributed by atoms with Crippen LogP contribution in [0.2, 0.25) is 0 Å². The zero-order chi connectivity index (χ0) is 16.8. The van der Waals surface area contributed by atoms with Gasteiger partial charge in [0.2, 0.25) is 11.8 Å². The van der Waals surface area contributed by atoms with E-state index in [-0.39, 0.29) is 23.7 Å². The van der Waals surface area contributed by atoms with Crippen molar-refractivity contribution in [3.8, 4) is 0 Å². The number of nitrogens with zero attached hydrogens (tertiary/aromatic N) is 3. The molecule has 1 aromatic heterocycles. The second kappa shape index (κ2) is 8.09. The summed E-state index contributed by atoms with van der Waals surface area (Å²) in [5, 5.41) is 0. The molecule has 0 aliphatic carbocycles. The van der Waals surface area contributed by atoms with Crippen molar-refractivity contribution in [3.63, 3.8) is 0 Å². The molecule has 1 saturated heterocycles. The lowest BCUT2D eigenvalue weighted by Crippen LogP contribution is -2.45. The summed E-state index contributed by atoms with van der Waals surface area (Å²) in [4.78, 5) is 32.3. The number of pyridine rings is 1. The summed E-state index contributed by atoms with van der Waals surface area (Å²) >= 11 is 0. The Labute approximate surface area is 138 Å². The summed E-state index contributed by atoms with van der Waals surface area (Å²) < 4.78 is 0. The predicted molar refractivity (Wildman–Crippen MR) is 89.7 cm³/mol. The largest absolute Gasteiger partial charge is 0.345 e. The standard InChI is InChI=1S/C18H27N3O2/c1-14(2)17(22)21-12-7-16(8-13-21)18(23)20(3)11-6-15-4-9-19-10-5-15/h4-5,9-10,14,16H,6-8,11-13H2,1-3H3. The number of piperidine rings is 1. The number of hydrogen-bond donors (Lipinski definition) is 0. The molecule has 2 rings (SSSR count). The molecule has 5 heteroatoms. The van der Waals surface area contributed by atoms with Gasteiger partial charge < -0.3 is 9.80 Å². The Hall–Kier alpha value is -1.91. The monoisotopic (exact) mass is 317 g/mol. The molecule has 1 fully saturated rings. The van der Waals surface area contributed by atoms with Crippen molar-refractivity contribution in [2.24, 2.45) is 11.8 Å². The molecule has 0 aromatic carbocycles. The van der Waals surface area contributed by atoms with E-state index in [0.29, 0.717) is 19.6 Å². The molecule has 0 N–H and O–H groups in total. The van der Waals surface area contributed by atoms with Gasteiger partial charge in [-0.1, -0.05) is 13.8 Å². The summed E-state index contributed by atoms with van der Waals surface area (Å²) in [6.45, 7) is 5.96.